The predicted octanol–water partition coefficient (Wildman–Crippen LogP) is 3.78. The lowest BCUT2D eigenvalue weighted by atomic mass is 10.3. The summed E-state index contributed by atoms with van der Waals surface area (Å²) in [5.74, 6) is -0.263. The molecule has 0 spiro atoms. The van der Waals surface area contributed by atoms with Crippen LogP contribution in [0.4, 0.5) is 10.1 Å². The highest BCUT2D eigenvalue weighted by atomic mass is 79.9. The van der Waals surface area contributed by atoms with E-state index in [1.54, 1.807) is 12.1 Å². The van der Waals surface area contributed by atoms with Gasteiger partial charge in [-0.15, -0.1) is 0 Å². The van der Waals surface area contributed by atoms with Gasteiger partial charge in [-0.05, 0) is 72.7 Å². The predicted molar refractivity (Wildman–Crippen MR) is 94.6 cm³/mol. The van der Waals surface area contributed by atoms with Crippen LogP contribution in [0.1, 0.15) is 17.8 Å². The fraction of sp³-hybridized carbons (Fsp3) is 0.333. The molecule has 0 bridgehead atoms. The minimum atomic E-state index is -0.263. The standard InChI is InChI=1S/C15H18BrFN4S/c1-10-14(16)11(2)21(20-10)9-3-8-18-15(22)19-13-6-4-12(17)5-7-13/h4-7H,3,8-9H2,1-2H3,(H2,18,19,22). The Hall–Kier alpha value is -1.47. The van der Waals surface area contributed by atoms with Gasteiger partial charge in [0.2, 0.25) is 0 Å². The molecule has 118 valence electrons. The number of aryl methyl sites for hydroxylation is 2. The largest absolute Gasteiger partial charge is 0.362 e. The molecule has 0 saturated carbocycles. The van der Waals surface area contributed by atoms with Crippen molar-refractivity contribution < 1.29 is 4.39 Å². The molecule has 7 heteroatoms. The van der Waals surface area contributed by atoms with Crippen molar-refractivity contribution in [2.24, 2.45) is 0 Å². The molecule has 2 aromatic rings. The van der Waals surface area contributed by atoms with Crippen molar-refractivity contribution in [2.75, 3.05) is 11.9 Å². The van der Waals surface area contributed by atoms with Crippen LogP contribution in [0.5, 0.6) is 0 Å². The summed E-state index contributed by atoms with van der Waals surface area (Å²) in [5.41, 5.74) is 2.89. The molecule has 0 saturated heterocycles. The van der Waals surface area contributed by atoms with Gasteiger partial charge in [0, 0.05) is 24.5 Å². The van der Waals surface area contributed by atoms with E-state index in [1.165, 1.54) is 12.1 Å². The van der Waals surface area contributed by atoms with E-state index in [0.717, 1.165) is 41.1 Å². The van der Waals surface area contributed by atoms with Gasteiger partial charge >= 0.3 is 0 Å². The highest BCUT2D eigenvalue weighted by Gasteiger charge is 2.07. The molecule has 0 aliphatic rings. The summed E-state index contributed by atoms with van der Waals surface area (Å²) in [5, 5.41) is 11.1. The second-order valence-electron chi connectivity index (χ2n) is 4.95. The summed E-state index contributed by atoms with van der Waals surface area (Å²) in [6.45, 7) is 5.58. The van der Waals surface area contributed by atoms with Crippen LogP contribution >= 0.6 is 28.1 Å². The van der Waals surface area contributed by atoms with E-state index < -0.39 is 0 Å². The van der Waals surface area contributed by atoms with Crippen molar-refractivity contribution in [3.63, 3.8) is 0 Å². The summed E-state index contributed by atoms with van der Waals surface area (Å²) >= 11 is 8.72. The van der Waals surface area contributed by atoms with Crippen molar-refractivity contribution in [3.05, 3.63) is 45.9 Å². The SMILES string of the molecule is Cc1nn(CCCNC(=S)Nc2ccc(F)cc2)c(C)c1Br. The molecule has 2 N–H and O–H groups in total. The molecular formula is C15H18BrFN4S. The van der Waals surface area contributed by atoms with E-state index >= 15 is 0 Å². The Morgan fingerprint density at radius 3 is 2.59 bits per heavy atom. The molecule has 4 nitrogen and oxygen atoms in total. The monoisotopic (exact) mass is 384 g/mol. The van der Waals surface area contributed by atoms with Crippen molar-refractivity contribution in [1.29, 1.82) is 0 Å². The van der Waals surface area contributed by atoms with Crippen LogP contribution in [0.2, 0.25) is 0 Å². The number of benzene rings is 1. The van der Waals surface area contributed by atoms with Crippen LogP contribution in [-0.4, -0.2) is 21.4 Å². The van der Waals surface area contributed by atoms with E-state index in [1.807, 2.05) is 18.5 Å². The highest BCUT2D eigenvalue weighted by Crippen LogP contribution is 2.19. The van der Waals surface area contributed by atoms with E-state index in [0.29, 0.717) is 5.11 Å². The van der Waals surface area contributed by atoms with Gasteiger partial charge in [0.25, 0.3) is 0 Å². The van der Waals surface area contributed by atoms with Gasteiger partial charge in [0.15, 0.2) is 5.11 Å². The van der Waals surface area contributed by atoms with Gasteiger partial charge in [-0.1, -0.05) is 0 Å². The Morgan fingerprint density at radius 2 is 2.00 bits per heavy atom. The first-order valence-corrected chi connectivity index (χ1v) is 8.17. The first kappa shape index (κ1) is 16.9. The zero-order valence-corrected chi connectivity index (χ0v) is 14.9. The van der Waals surface area contributed by atoms with Crippen LogP contribution in [0, 0.1) is 19.7 Å². The van der Waals surface area contributed by atoms with Crippen molar-refractivity contribution in [3.8, 4) is 0 Å². The third-order valence-corrected chi connectivity index (χ3v) is 4.62. The second kappa shape index (κ2) is 7.69. The molecule has 1 heterocycles. The van der Waals surface area contributed by atoms with Crippen LogP contribution in [-0.2, 0) is 6.54 Å². The summed E-state index contributed by atoms with van der Waals surface area (Å²) in [4.78, 5) is 0. The van der Waals surface area contributed by atoms with Gasteiger partial charge in [0.1, 0.15) is 5.82 Å². The summed E-state index contributed by atoms with van der Waals surface area (Å²) in [6.07, 6.45) is 0.902. The fourth-order valence-electron chi connectivity index (χ4n) is 2.03. The number of rotatable bonds is 5. The van der Waals surface area contributed by atoms with Crippen LogP contribution in [0.3, 0.4) is 0 Å². The minimum absolute atomic E-state index is 0.263. The number of halogens is 2. The quantitative estimate of drug-likeness (QED) is 0.607. The van der Waals surface area contributed by atoms with Crippen molar-refractivity contribution in [1.82, 2.24) is 15.1 Å². The van der Waals surface area contributed by atoms with Gasteiger partial charge in [0.05, 0.1) is 10.2 Å². The number of nitrogens with one attached hydrogen (secondary N) is 2. The van der Waals surface area contributed by atoms with E-state index in [4.69, 9.17) is 12.2 Å². The first-order chi connectivity index (χ1) is 10.5. The van der Waals surface area contributed by atoms with Gasteiger partial charge < -0.3 is 10.6 Å². The Bertz CT molecular complexity index is 654. The molecule has 0 fully saturated rings. The normalized spacial score (nSPS) is 10.5. The van der Waals surface area contributed by atoms with Crippen molar-refractivity contribution in [2.45, 2.75) is 26.8 Å². The second-order valence-corrected chi connectivity index (χ2v) is 6.15. The third-order valence-electron chi connectivity index (χ3n) is 3.23. The summed E-state index contributed by atoms with van der Waals surface area (Å²) in [6, 6.07) is 6.09. The molecule has 0 unspecified atom stereocenters. The number of hydrogen-bond acceptors (Lipinski definition) is 2. The maximum atomic E-state index is 12.8. The lowest BCUT2D eigenvalue weighted by Crippen LogP contribution is -2.29. The summed E-state index contributed by atoms with van der Waals surface area (Å²) in [7, 11) is 0. The Balaban J connectivity index is 1.73. The molecule has 1 aromatic heterocycles. The molecule has 0 aliphatic carbocycles. The lowest BCUT2D eigenvalue weighted by molar-refractivity contribution is 0.558. The molecule has 0 atom stereocenters. The zero-order chi connectivity index (χ0) is 16.1. The van der Waals surface area contributed by atoms with Gasteiger partial charge in [-0.3, -0.25) is 4.68 Å². The fourth-order valence-corrected chi connectivity index (χ4v) is 2.54. The highest BCUT2D eigenvalue weighted by molar-refractivity contribution is 9.10. The van der Waals surface area contributed by atoms with E-state index in [2.05, 4.69) is 31.7 Å². The molecule has 2 rings (SSSR count). The number of aromatic nitrogens is 2. The molecule has 0 amide bonds. The van der Waals surface area contributed by atoms with Crippen molar-refractivity contribution >= 4 is 38.9 Å². The van der Waals surface area contributed by atoms with Gasteiger partial charge in [-0.2, -0.15) is 5.10 Å². The van der Waals surface area contributed by atoms with Crippen LogP contribution in [0.25, 0.3) is 0 Å². The lowest BCUT2D eigenvalue weighted by Gasteiger charge is -2.11. The molecule has 1 aromatic carbocycles. The molecule has 22 heavy (non-hydrogen) atoms. The maximum absolute atomic E-state index is 12.8. The third kappa shape index (κ3) is 4.51. The van der Waals surface area contributed by atoms with Crippen LogP contribution in [0.15, 0.2) is 28.7 Å². The van der Waals surface area contributed by atoms with Gasteiger partial charge in [-0.25, -0.2) is 4.39 Å². The average Bonchev–Trinajstić information content (AvgIpc) is 2.73. The van der Waals surface area contributed by atoms with Crippen LogP contribution < -0.4 is 10.6 Å². The number of thiocarbonyl (C=S) groups is 1. The number of nitrogens with zero attached hydrogens (tertiary/aromatic N) is 2. The minimum Gasteiger partial charge on any atom is -0.362 e. The molecular weight excluding hydrogens is 367 g/mol. The van der Waals surface area contributed by atoms with E-state index in [9.17, 15) is 4.39 Å². The topological polar surface area (TPSA) is 41.9 Å². The Labute approximate surface area is 143 Å². The Morgan fingerprint density at radius 1 is 1.32 bits per heavy atom. The molecule has 0 radical (unpaired) electrons. The summed E-state index contributed by atoms with van der Waals surface area (Å²) < 4.78 is 15.9. The maximum Gasteiger partial charge on any atom is 0.170 e. The van der Waals surface area contributed by atoms with E-state index in [-0.39, 0.29) is 5.82 Å². The molecule has 0 aliphatic heterocycles. The average molecular weight is 385 g/mol. The number of hydrogen-bond donors (Lipinski definition) is 2. The smallest absolute Gasteiger partial charge is 0.170 e. The zero-order valence-electron chi connectivity index (χ0n) is 12.5. The first-order valence-electron chi connectivity index (χ1n) is 6.97. The Kier molecular flexibility index (Phi) is 5.90. The number of anilines is 1.